The standard InChI is InChI=1S/C25H43NO/c1-3-4-5-6-8-11-22-12-14-23(15-13-22)24-16-19-25(27-2,20-17-24)18-9-7-10-21-26/h7,10,22-24H,3-6,8-9,11-20H2,1-2H3/t22-,23-,24-,25+. The molecular weight excluding hydrogens is 330 g/mol. The summed E-state index contributed by atoms with van der Waals surface area (Å²) < 4.78 is 5.97. The number of allylic oxidation sites excluding steroid dienone is 2. The number of unbranched alkanes of at least 4 members (excludes halogenated alkanes) is 4. The molecule has 0 amide bonds. The van der Waals surface area contributed by atoms with Crippen molar-refractivity contribution in [2.45, 2.75) is 115 Å². The van der Waals surface area contributed by atoms with Crippen LogP contribution in [0, 0.1) is 29.1 Å². The molecule has 0 bridgehead atoms. The van der Waals surface area contributed by atoms with E-state index in [2.05, 4.69) is 13.0 Å². The quantitative estimate of drug-likeness (QED) is 0.276. The molecule has 2 rings (SSSR count). The van der Waals surface area contributed by atoms with Crippen LogP contribution in [-0.2, 0) is 4.74 Å². The number of hydrogen-bond donors (Lipinski definition) is 0. The molecule has 27 heavy (non-hydrogen) atoms. The largest absolute Gasteiger partial charge is 0.378 e. The van der Waals surface area contributed by atoms with Crippen LogP contribution in [-0.4, -0.2) is 12.7 Å². The smallest absolute Gasteiger partial charge is 0.0908 e. The van der Waals surface area contributed by atoms with Crippen molar-refractivity contribution in [3.63, 3.8) is 0 Å². The van der Waals surface area contributed by atoms with Crippen molar-refractivity contribution in [2.75, 3.05) is 7.11 Å². The Hall–Kier alpha value is -0.810. The van der Waals surface area contributed by atoms with Crippen molar-refractivity contribution in [1.29, 1.82) is 5.26 Å². The average molecular weight is 374 g/mol. The maximum atomic E-state index is 8.64. The SMILES string of the molecule is CCCCCCC[C@H]1CC[C@H]([C@H]2CC[C@@](CCC=CC#N)(OC)CC2)CC1. The second kappa shape index (κ2) is 12.6. The first-order valence-electron chi connectivity index (χ1n) is 11.8. The first-order chi connectivity index (χ1) is 13.2. The lowest BCUT2D eigenvalue weighted by molar-refractivity contribution is -0.0618. The van der Waals surface area contributed by atoms with Crippen LogP contribution in [0.1, 0.15) is 110 Å². The molecule has 0 heterocycles. The predicted octanol–water partition coefficient (Wildman–Crippen LogP) is 7.59. The lowest BCUT2D eigenvalue weighted by atomic mass is 9.67. The minimum absolute atomic E-state index is 0.0754. The van der Waals surface area contributed by atoms with Gasteiger partial charge in [-0.05, 0) is 69.1 Å². The number of ether oxygens (including phenoxy) is 1. The zero-order valence-corrected chi connectivity index (χ0v) is 18.1. The Balaban J connectivity index is 1.65. The number of methoxy groups -OCH3 is 1. The monoisotopic (exact) mass is 373 g/mol. The zero-order valence-electron chi connectivity index (χ0n) is 18.1. The van der Waals surface area contributed by atoms with E-state index in [-0.39, 0.29) is 5.60 Å². The van der Waals surface area contributed by atoms with Gasteiger partial charge in [0, 0.05) is 13.2 Å². The van der Waals surface area contributed by atoms with Gasteiger partial charge in [0.2, 0.25) is 0 Å². The van der Waals surface area contributed by atoms with Gasteiger partial charge in [-0.3, -0.25) is 0 Å². The molecule has 0 saturated heterocycles. The average Bonchev–Trinajstić information content (AvgIpc) is 2.72. The highest BCUT2D eigenvalue weighted by Crippen LogP contribution is 2.45. The van der Waals surface area contributed by atoms with Crippen molar-refractivity contribution in [1.82, 2.24) is 0 Å². The Morgan fingerprint density at radius 1 is 0.963 bits per heavy atom. The highest BCUT2D eigenvalue weighted by atomic mass is 16.5. The molecule has 2 saturated carbocycles. The minimum atomic E-state index is 0.0754. The molecule has 0 aromatic heterocycles. The van der Waals surface area contributed by atoms with Gasteiger partial charge in [-0.1, -0.05) is 64.4 Å². The molecule has 2 heteroatoms. The summed E-state index contributed by atoms with van der Waals surface area (Å²) >= 11 is 0. The van der Waals surface area contributed by atoms with Crippen LogP contribution in [0.4, 0.5) is 0 Å². The molecular formula is C25H43NO. The summed E-state index contributed by atoms with van der Waals surface area (Å²) in [6.45, 7) is 2.30. The number of hydrogen-bond acceptors (Lipinski definition) is 2. The van der Waals surface area contributed by atoms with Gasteiger partial charge < -0.3 is 4.74 Å². The summed E-state index contributed by atoms with van der Waals surface area (Å²) in [7, 11) is 1.89. The van der Waals surface area contributed by atoms with Crippen LogP contribution >= 0.6 is 0 Å². The van der Waals surface area contributed by atoms with Gasteiger partial charge in [0.25, 0.3) is 0 Å². The van der Waals surface area contributed by atoms with Gasteiger partial charge >= 0.3 is 0 Å². The third-order valence-electron chi connectivity index (χ3n) is 7.61. The fourth-order valence-electron chi connectivity index (χ4n) is 5.66. The molecule has 0 aromatic carbocycles. The van der Waals surface area contributed by atoms with Crippen molar-refractivity contribution >= 4 is 0 Å². The number of rotatable bonds is 11. The summed E-state index contributed by atoms with van der Waals surface area (Å²) in [6.07, 6.45) is 25.3. The number of nitrogens with zero attached hydrogens (tertiary/aromatic N) is 1. The first-order valence-corrected chi connectivity index (χ1v) is 11.8. The molecule has 0 unspecified atom stereocenters. The van der Waals surface area contributed by atoms with Gasteiger partial charge in [-0.15, -0.1) is 0 Å². The van der Waals surface area contributed by atoms with Gasteiger partial charge in [-0.25, -0.2) is 0 Å². The van der Waals surface area contributed by atoms with Crippen molar-refractivity contribution in [2.24, 2.45) is 17.8 Å². The Morgan fingerprint density at radius 2 is 1.63 bits per heavy atom. The normalized spacial score (nSPS) is 31.8. The first kappa shape index (κ1) is 22.5. The van der Waals surface area contributed by atoms with E-state index in [4.69, 9.17) is 10.00 Å². The van der Waals surface area contributed by atoms with Crippen LogP contribution < -0.4 is 0 Å². The van der Waals surface area contributed by atoms with E-state index in [1.165, 1.54) is 89.9 Å². The highest BCUT2D eigenvalue weighted by molar-refractivity contribution is 5.02. The maximum absolute atomic E-state index is 8.64. The third-order valence-corrected chi connectivity index (χ3v) is 7.61. The Kier molecular flexibility index (Phi) is 10.5. The van der Waals surface area contributed by atoms with Crippen LogP contribution in [0.3, 0.4) is 0 Å². The van der Waals surface area contributed by atoms with E-state index in [1.54, 1.807) is 6.08 Å². The van der Waals surface area contributed by atoms with Crippen molar-refractivity contribution < 1.29 is 4.74 Å². The Bertz CT molecular complexity index is 447. The van der Waals surface area contributed by atoms with Crippen molar-refractivity contribution in [3.05, 3.63) is 12.2 Å². The van der Waals surface area contributed by atoms with Crippen molar-refractivity contribution in [3.8, 4) is 6.07 Å². The summed E-state index contributed by atoms with van der Waals surface area (Å²) in [5.74, 6) is 2.94. The molecule has 0 radical (unpaired) electrons. The zero-order chi connectivity index (χ0) is 19.4. The topological polar surface area (TPSA) is 33.0 Å². The summed E-state index contributed by atoms with van der Waals surface area (Å²) in [4.78, 5) is 0. The van der Waals surface area contributed by atoms with Crippen LogP contribution in [0.5, 0.6) is 0 Å². The summed E-state index contributed by atoms with van der Waals surface area (Å²) in [5.41, 5.74) is 0.0754. The maximum Gasteiger partial charge on any atom is 0.0908 e. The molecule has 2 fully saturated rings. The lowest BCUT2D eigenvalue weighted by Crippen LogP contribution is -2.38. The molecule has 0 aliphatic heterocycles. The van der Waals surface area contributed by atoms with Gasteiger partial charge in [0.15, 0.2) is 0 Å². The van der Waals surface area contributed by atoms with Crippen LogP contribution in [0.25, 0.3) is 0 Å². The second-order valence-electron chi connectivity index (χ2n) is 9.28. The number of nitriles is 1. The van der Waals surface area contributed by atoms with E-state index in [0.29, 0.717) is 0 Å². The Morgan fingerprint density at radius 3 is 2.26 bits per heavy atom. The predicted molar refractivity (Wildman–Crippen MR) is 115 cm³/mol. The van der Waals surface area contributed by atoms with E-state index in [1.807, 2.05) is 13.2 Å². The molecule has 0 N–H and O–H groups in total. The second-order valence-corrected chi connectivity index (χ2v) is 9.28. The molecule has 0 spiro atoms. The van der Waals surface area contributed by atoms with Gasteiger partial charge in [0.1, 0.15) is 0 Å². The lowest BCUT2D eigenvalue weighted by Gasteiger charge is -2.43. The van der Waals surface area contributed by atoms with Gasteiger partial charge in [0.05, 0.1) is 11.7 Å². The molecule has 2 nitrogen and oxygen atoms in total. The van der Waals surface area contributed by atoms with Crippen LogP contribution in [0.2, 0.25) is 0 Å². The van der Waals surface area contributed by atoms with E-state index in [0.717, 1.165) is 30.6 Å². The van der Waals surface area contributed by atoms with E-state index >= 15 is 0 Å². The fourth-order valence-corrected chi connectivity index (χ4v) is 5.66. The molecule has 154 valence electrons. The Labute approximate surface area is 168 Å². The molecule has 2 aliphatic carbocycles. The molecule has 2 aliphatic rings. The summed E-state index contributed by atoms with van der Waals surface area (Å²) in [6, 6.07) is 2.09. The molecule has 0 aromatic rings. The minimum Gasteiger partial charge on any atom is -0.378 e. The molecule has 0 atom stereocenters. The van der Waals surface area contributed by atoms with E-state index < -0.39 is 0 Å². The van der Waals surface area contributed by atoms with Gasteiger partial charge in [-0.2, -0.15) is 5.26 Å². The fraction of sp³-hybridized carbons (Fsp3) is 0.880. The highest BCUT2D eigenvalue weighted by Gasteiger charge is 2.38. The van der Waals surface area contributed by atoms with E-state index in [9.17, 15) is 0 Å². The summed E-state index contributed by atoms with van der Waals surface area (Å²) in [5, 5.41) is 8.64. The third kappa shape index (κ3) is 7.61. The van der Waals surface area contributed by atoms with Crippen LogP contribution in [0.15, 0.2) is 12.2 Å².